The number of nitrogens with zero attached hydrogens (tertiary/aromatic N) is 1. The van der Waals surface area contributed by atoms with E-state index in [0.29, 0.717) is 0 Å². The van der Waals surface area contributed by atoms with E-state index < -0.39 is 5.60 Å². The molecule has 2 heterocycles. The normalized spacial score (nSPS) is 11.8. The van der Waals surface area contributed by atoms with Crippen LogP contribution >= 0.6 is 11.3 Å². The van der Waals surface area contributed by atoms with E-state index in [0.717, 1.165) is 22.0 Å². The number of benzene rings is 3. The molecule has 4 heteroatoms. The highest BCUT2D eigenvalue weighted by atomic mass is 32.1. The zero-order valence-corrected chi connectivity index (χ0v) is 18.6. The largest absolute Gasteiger partial charge is 0.443 e. The van der Waals surface area contributed by atoms with Gasteiger partial charge >= 0.3 is 6.09 Å². The molecule has 31 heavy (non-hydrogen) atoms. The minimum Gasteiger partial charge on any atom is -0.443 e. The molecule has 0 fully saturated rings. The molecule has 0 spiro atoms. The van der Waals surface area contributed by atoms with E-state index in [2.05, 4.69) is 66.0 Å². The van der Waals surface area contributed by atoms with Crippen molar-refractivity contribution in [3.8, 4) is 21.7 Å². The lowest BCUT2D eigenvalue weighted by Gasteiger charge is -2.21. The Labute approximate surface area is 185 Å². The van der Waals surface area contributed by atoms with Crippen LogP contribution in [-0.2, 0) is 4.74 Å². The van der Waals surface area contributed by atoms with Crippen LogP contribution in [0, 0.1) is 0 Å². The number of carbonyl (C=O) groups is 1. The van der Waals surface area contributed by atoms with Crippen LogP contribution in [0.3, 0.4) is 0 Å². The SMILES string of the molecule is CC(C)(C)OC(=O)n1cccc1-c1c2ccccc2c(-c2cccs2)c2ccccc12. The third-order valence-electron chi connectivity index (χ3n) is 5.29. The highest BCUT2D eigenvalue weighted by Gasteiger charge is 2.23. The molecule has 0 atom stereocenters. The Hall–Kier alpha value is -3.37. The fraction of sp³-hybridized carbons (Fsp3) is 0.148. The monoisotopic (exact) mass is 425 g/mol. The molecule has 0 amide bonds. The summed E-state index contributed by atoms with van der Waals surface area (Å²) in [5.41, 5.74) is 2.55. The second-order valence-corrected chi connectivity index (χ2v) is 9.51. The van der Waals surface area contributed by atoms with Gasteiger partial charge < -0.3 is 4.74 Å². The average molecular weight is 426 g/mol. The van der Waals surface area contributed by atoms with Gasteiger partial charge in [0.05, 0.1) is 5.69 Å². The first-order valence-corrected chi connectivity index (χ1v) is 11.2. The summed E-state index contributed by atoms with van der Waals surface area (Å²) in [6, 6.07) is 25.0. The first-order valence-electron chi connectivity index (χ1n) is 10.3. The summed E-state index contributed by atoms with van der Waals surface area (Å²) < 4.78 is 7.29. The van der Waals surface area contributed by atoms with Gasteiger partial charge in [0.15, 0.2) is 0 Å². The number of rotatable bonds is 2. The molecule has 0 aliphatic carbocycles. The summed E-state index contributed by atoms with van der Waals surface area (Å²) in [5.74, 6) is 0. The minimum atomic E-state index is -0.564. The van der Waals surface area contributed by atoms with Gasteiger partial charge in [0.25, 0.3) is 0 Å². The number of ether oxygens (including phenoxy) is 1. The van der Waals surface area contributed by atoms with Crippen molar-refractivity contribution in [2.75, 3.05) is 0 Å². The maximum atomic E-state index is 13.0. The lowest BCUT2D eigenvalue weighted by molar-refractivity contribution is 0.0540. The highest BCUT2D eigenvalue weighted by Crippen LogP contribution is 2.44. The summed E-state index contributed by atoms with van der Waals surface area (Å²) in [4.78, 5) is 14.2. The van der Waals surface area contributed by atoms with Crippen LogP contribution < -0.4 is 0 Å². The van der Waals surface area contributed by atoms with Crippen molar-refractivity contribution in [2.45, 2.75) is 26.4 Å². The van der Waals surface area contributed by atoms with Crippen LogP contribution in [0.2, 0.25) is 0 Å². The first kappa shape index (κ1) is 19.6. The van der Waals surface area contributed by atoms with Crippen LogP contribution in [0.4, 0.5) is 4.79 Å². The molecular formula is C27H23NO2S. The standard InChI is InChI=1S/C27H23NO2S/c1-27(2,3)30-26(29)28-16-8-14-22(28)24-18-10-4-6-12-20(18)25(23-15-9-17-31-23)21-13-7-5-11-19(21)24/h4-17H,1-3H3. The molecular weight excluding hydrogens is 402 g/mol. The molecule has 3 aromatic carbocycles. The van der Waals surface area contributed by atoms with Gasteiger partial charge in [-0.15, -0.1) is 11.3 Å². The van der Waals surface area contributed by atoms with Crippen molar-refractivity contribution in [2.24, 2.45) is 0 Å². The van der Waals surface area contributed by atoms with Crippen LogP contribution in [0.25, 0.3) is 43.2 Å². The predicted molar refractivity (Wildman–Crippen MR) is 130 cm³/mol. The summed E-state index contributed by atoms with van der Waals surface area (Å²) >= 11 is 1.74. The Balaban J connectivity index is 1.86. The maximum absolute atomic E-state index is 13.0. The molecule has 154 valence electrons. The number of thiophene rings is 1. The number of hydrogen-bond donors (Lipinski definition) is 0. The summed E-state index contributed by atoms with van der Waals surface area (Å²) in [5, 5.41) is 6.70. The van der Waals surface area contributed by atoms with E-state index in [-0.39, 0.29) is 6.09 Å². The van der Waals surface area contributed by atoms with Crippen LogP contribution in [-0.4, -0.2) is 16.3 Å². The summed E-state index contributed by atoms with van der Waals surface area (Å²) in [6.07, 6.45) is 1.41. The van der Waals surface area contributed by atoms with Crippen LogP contribution in [0.5, 0.6) is 0 Å². The molecule has 0 bridgehead atoms. The van der Waals surface area contributed by atoms with Crippen molar-refractivity contribution in [3.63, 3.8) is 0 Å². The number of aromatic nitrogens is 1. The van der Waals surface area contributed by atoms with E-state index in [1.54, 1.807) is 22.1 Å². The quantitative estimate of drug-likeness (QED) is 0.269. The Morgan fingerprint density at radius 2 is 1.35 bits per heavy atom. The van der Waals surface area contributed by atoms with Crippen molar-refractivity contribution in [1.82, 2.24) is 4.57 Å². The van der Waals surface area contributed by atoms with Gasteiger partial charge in [-0.05, 0) is 65.9 Å². The van der Waals surface area contributed by atoms with Crippen LogP contribution in [0.15, 0.2) is 84.4 Å². The van der Waals surface area contributed by atoms with Gasteiger partial charge in [-0.1, -0.05) is 54.6 Å². The molecule has 0 saturated carbocycles. The molecule has 0 radical (unpaired) electrons. The zero-order chi connectivity index (χ0) is 21.6. The fourth-order valence-corrected chi connectivity index (χ4v) is 4.94. The molecule has 3 nitrogen and oxygen atoms in total. The fourth-order valence-electron chi connectivity index (χ4n) is 4.15. The van der Waals surface area contributed by atoms with Gasteiger partial charge in [-0.2, -0.15) is 0 Å². The van der Waals surface area contributed by atoms with E-state index in [9.17, 15) is 4.79 Å². The van der Waals surface area contributed by atoms with Crippen molar-refractivity contribution >= 4 is 39.0 Å². The van der Waals surface area contributed by atoms with Gasteiger partial charge in [0, 0.05) is 22.2 Å². The zero-order valence-electron chi connectivity index (χ0n) is 17.8. The lowest BCUT2D eigenvalue weighted by Crippen LogP contribution is -2.27. The first-order chi connectivity index (χ1) is 14.9. The van der Waals surface area contributed by atoms with E-state index in [1.165, 1.54) is 21.2 Å². The average Bonchev–Trinajstić information content (AvgIpc) is 3.43. The second-order valence-electron chi connectivity index (χ2n) is 8.56. The molecule has 5 rings (SSSR count). The second kappa shape index (κ2) is 7.40. The summed E-state index contributed by atoms with van der Waals surface area (Å²) in [6.45, 7) is 5.65. The van der Waals surface area contributed by atoms with E-state index in [4.69, 9.17) is 4.74 Å². The van der Waals surface area contributed by atoms with E-state index >= 15 is 0 Å². The van der Waals surface area contributed by atoms with Crippen molar-refractivity contribution in [1.29, 1.82) is 0 Å². The number of carbonyl (C=O) groups excluding carboxylic acids is 1. The third kappa shape index (κ3) is 3.43. The van der Waals surface area contributed by atoms with Gasteiger partial charge in [-0.3, -0.25) is 4.57 Å². The third-order valence-corrected chi connectivity index (χ3v) is 6.18. The lowest BCUT2D eigenvalue weighted by atomic mass is 9.89. The molecule has 0 saturated heterocycles. The Bertz CT molecular complexity index is 1350. The van der Waals surface area contributed by atoms with Gasteiger partial charge in [0.2, 0.25) is 0 Å². The highest BCUT2D eigenvalue weighted by molar-refractivity contribution is 7.13. The molecule has 0 aliphatic rings. The Morgan fingerprint density at radius 3 is 1.87 bits per heavy atom. The maximum Gasteiger partial charge on any atom is 0.418 e. The van der Waals surface area contributed by atoms with Crippen molar-refractivity contribution in [3.05, 3.63) is 84.4 Å². The molecule has 2 aromatic heterocycles. The molecule has 5 aromatic rings. The molecule has 0 N–H and O–H groups in total. The van der Waals surface area contributed by atoms with Crippen molar-refractivity contribution < 1.29 is 9.53 Å². The molecule has 0 unspecified atom stereocenters. The topological polar surface area (TPSA) is 31.2 Å². The van der Waals surface area contributed by atoms with E-state index in [1.807, 2.05) is 32.9 Å². The Kier molecular flexibility index (Phi) is 4.67. The molecule has 0 aliphatic heterocycles. The van der Waals surface area contributed by atoms with Gasteiger partial charge in [-0.25, -0.2) is 4.79 Å². The summed E-state index contributed by atoms with van der Waals surface area (Å²) in [7, 11) is 0. The number of hydrogen-bond acceptors (Lipinski definition) is 3. The Morgan fingerprint density at radius 1 is 0.774 bits per heavy atom. The van der Waals surface area contributed by atoms with Crippen LogP contribution in [0.1, 0.15) is 20.8 Å². The minimum absolute atomic E-state index is 0.372. The predicted octanol–water partition coefficient (Wildman–Crippen LogP) is 7.97. The smallest absolute Gasteiger partial charge is 0.418 e. The van der Waals surface area contributed by atoms with Gasteiger partial charge in [0.1, 0.15) is 5.60 Å². The number of fused-ring (bicyclic) bond motifs is 2.